The van der Waals surface area contributed by atoms with Crippen molar-refractivity contribution in [3.63, 3.8) is 0 Å². The van der Waals surface area contributed by atoms with Gasteiger partial charge in [0.25, 0.3) is 0 Å². The Morgan fingerprint density at radius 3 is 2.00 bits per heavy atom. The van der Waals surface area contributed by atoms with Crippen molar-refractivity contribution in [2.45, 2.75) is 0 Å². The summed E-state index contributed by atoms with van der Waals surface area (Å²) in [4.78, 5) is 9.55. The molecule has 0 aliphatic carbocycles. The molecule has 0 radical (unpaired) electrons. The Balaban J connectivity index is 1.12. The Bertz CT molecular complexity index is 2510. The molecule has 3 heterocycles. The number of aromatic nitrogens is 3. The second kappa shape index (κ2) is 10.7. The minimum atomic E-state index is 0.604. The van der Waals surface area contributed by atoms with E-state index < -0.39 is 0 Å². The molecule has 0 N–H and O–H groups in total. The summed E-state index contributed by atoms with van der Waals surface area (Å²) in [5, 5.41) is 2.38. The highest BCUT2D eigenvalue weighted by Gasteiger charge is 2.16. The predicted octanol–water partition coefficient (Wildman–Crippen LogP) is 11.0. The lowest BCUT2D eigenvalue weighted by molar-refractivity contribution is 0.620. The molecular formula is C42H27N3O. The van der Waals surface area contributed by atoms with Crippen LogP contribution in [0.1, 0.15) is 0 Å². The standard InChI is InChI=1S/C42H27N3O/c1-2-9-28(10-3-1)29-16-18-30(19-17-29)31-21-23-41-38(26-31)44-42(46-41)33-20-22-36-35-13-4-5-15-39(35)45(40(36)27-33)34-12-8-11-32(25-34)37-14-6-7-24-43-37/h1-27H. The molecule has 6 aromatic carbocycles. The third kappa shape index (κ3) is 4.47. The molecule has 216 valence electrons. The van der Waals surface area contributed by atoms with Gasteiger partial charge in [-0.05, 0) is 76.9 Å². The van der Waals surface area contributed by atoms with E-state index in [1.807, 2.05) is 36.5 Å². The average Bonchev–Trinajstić information content (AvgIpc) is 3.71. The van der Waals surface area contributed by atoms with Crippen LogP contribution in [0.25, 0.3) is 83.6 Å². The number of rotatable bonds is 5. The van der Waals surface area contributed by atoms with Gasteiger partial charge in [-0.15, -0.1) is 0 Å². The van der Waals surface area contributed by atoms with Crippen molar-refractivity contribution in [3.05, 3.63) is 164 Å². The largest absolute Gasteiger partial charge is 0.436 e. The highest BCUT2D eigenvalue weighted by Crippen LogP contribution is 2.36. The van der Waals surface area contributed by atoms with Crippen molar-refractivity contribution < 1.29 is 4.42 Å². The summed E-state index contributed by atoms with van der Waals surface area (Å²) >= 11 is 0. The molecule has 46 heavy (non-hydrogen) atoms. The van der Waals surface area contributed by atoms with Gasteiger partial charge in [-0.3, -0.25) is 4.98 Å². The van der Waals surface area contributed by atoms with Crippen LogP contribution < -0.4 is 0 Å². The maximum absolute atomic E-state index is 6.34. The third-order valence-electron chi connectivity index (χ3n) is 8.70. The molecule has 9 rings (SSSR count). The van der Waals surface area contributed by atoms with Crippen LogP contribution in [0.2, 0.25) is 0 Å². The highest BCUT2D eigenvalue weighted by molar-refractivity contribution is 6.10. The number of pyridine rings is 1. The number of oxazole rings is 1. The zero-order valence-electron chi connectivity index (χ0n) is 24.8. The lowest BCUT2D eigenvalue weighted by atomic mass is 10.0. The molecule has 4 nitrogen and oxygen atoms in total. The van der Waals surface area contributed by atoms with Gasteiger partial charge in [-0.2, -0.15) is 0 Å². The third-order valence-corrected chi connectivity index (χ3v) is 8.70. The van der Waals surface area contributed by atoms with Crippen LogP contribution in [0.5, 0.6) is 0 Å². The zero-order chi connectivity index (χ0) is 30.5. The molecule has 0 aliphatic rings. The second-order valence-electron chi connectivity index (χ2n) is 11.5. The molecule has 0 aliphatic heterocycles. The van der Waals surface area contributed by atoms with E-state index in [1.54, 1.807) is 0 Å². The van der Waals surface area contributed by atoms with Gasteiger partial charge in [0, 0.05) is 33.8 Å². The molecule has 0 fully saturated rings. The Hall–Kier alpha value is -6.26. The van der Waals surface area contributed by atoms with Crippen LogP contribution in [0.15, 0.2) is 168 Å². The predicted molar refractivity (Wildman–Crippen MR) is 188 cm³/mol. The first kappa shape index (κ1) is 26.2. The fraction of sp³-hybridized carbons (Fsp3) is 0. The summed E-state index contributed by atoms with van der Waals surface area (Å²) in [5.74, 6) is 0.604. The Labute approximate surface area is 265 Å². The van der Waals surface area contributed by atoms with Gasteiger partial charge in [0.2, 0.25) is 5.89 Å². The SMILES string of the molecule is c1ccc(-c2ccc(-c3ccc4oc(-c5ccc6c7ccccc7n(-c7cccc(-c8ccccn8)c7)c6c5)nc4c3)cc2)cc1. The number of fused-ring (bicyclic) bond motifs is 4. The summed E-state index contributed by atoms with van der Waals surface area (Å²) in [6, 6.07) is 54.9. The van der Waals surface area contributed by atoms with Gasteiger partial charge >= 0.3 is 0 Å². The highest BCUT2D eigenvalue weighted by atomic mass is 16.3. The Morgan fingerprint density at radius 1 is 0.457 bits per heavy atom. The number of hydrogen-bond acceptors (Lipinski definition) is 3. The fourth-order valence-electron chi connectivity index (χ4n) is 6.44. The van der Waals surface area contributed by atoms with E-state index in [9.17, 15) is 0 Å². The smallest absolute Gasteiger partial charge is 0.227 e. The van der Waals surface area contributed by atoms with Gasteiger partial charge in [0.05, 0.1) is 16.7 Å². The lowest BCUT2D eigenvalue weighted by Gasteiger charge is -2.10. The van der Waals surface area contributed by atoms with Crippen molar-refractivity contribution in [1.29, 1.82) is 0 Å². The first-order valence-electron chi connectivity index (χ1n) is 15.4. The molecule has 0 bridgehead atoms. The topological polar surface area (TPSA) is 43.9 Å². The van der Waals surface area contributed by atoms with Crippen molar-refractivity contribution in [2.75, 3.05) is 0 Å². The maximum Gasteiger partial charge on any atom is 0.227 e. The van der Waals surface area contributed by atoms with E-state index in [4.69, 9.17) is 9.40 Å². The Kier molecular flexibility index (Phi) is 6.10. The number of benzene rings is 6. The minimum Gasteiger partial charge on any atom is -0.436 e. The molecule has 0 saturated heterocycles. The molecule has 3 aromatic heterocycles. The van der Waals surface area contributed by atoms with E-state index >= 15 is 0 Å². The van der Waals surface area contributed by atoms with Crippen molar-refractivity contribution in [2.24, 2.45) is 0 Å². The van der Waals surface area contributed by atoms with Gasteiger partial charge in [-0.1, -0.05) is 103 Å². The van der Waals surface area contributed by atoms with Gasteiger partial charge in [0.15, 0.2) is 5.58 Å². The van der Waals surface area contributed by atoms with Crippen molar-refractivity contribution >= 4 is 32.9 Å². The molecule has 0 saturated carbocycles. The first-order chi connectivity index (χ1) is 22.8. The van der Waals surface area contributed by atoms with Crippen molar-refractivity contribution in [3.8, 4) is 50.7 Å². The van der Waals surface area contributed by atoms with Crippen molar-refractivity contribution in [1.82, 2.24) is 14.5 Å². The van der Waals surface area contributed by atoms with E-state index in [1.165, 1.54) is 21.9 Å². The molecule has 9 aromatic rings. The van der Waals surface area contributed by atoms with E-state index in [2.05, 4.69) is 137 Å². The molecule has 4 heteroatoms. The number of nitrogens with zero attached hydrogens (tertiary/aromatic N) is 3. The summed E-state index contributed by atoms with van der Waals surface area (Å²) in [7, 11) is 0. The van der Waals surface area contributed by atoms with Gasteiger partial charge < -0.3 is 8.98 Å². The summed E-state index contributed by atoms with van der Waals surface area (Å²) in [6.45, 7) is 0. The normalized spacial score (nSPS) is 11.5. The van der Waals surface area contributed by atoms with E-state index in [0.29, 0.717) is 5.89 Å². The summed E-state index contributed by atoms with van der Waals surface area (Å²) in [6.07, 6.45) is 1.83. The van der Waals surface area contributed by atoms with E-state index in [0.717, 1.165) is 55.8 Å². The Morgan fingerprint density at radius 2 is 1.15 bits per heavy atom. The number of para-hydroxylation sites is 1. The summed E-state index contributed by atoms with van der Waals surface area (Å²) in [5.41, 5.74) is 12.5. The lowest BCUT2D eigenvalue weighted by Crippen LogP contribution is -1.95. The quantitative estimate of drug-likeness (QED) is 0.201. The number of hydrogen-bond donors (Lipinski definition) is 0. The first-order valence-corrected chi connectivity index (χ1v) is 15.4. The maximum atomic E-state index is 6.34. The fourth-order valence-corrected chi connectivity index (χ4v) is 6.44. The minimum absolute atomic E-state index is 0.604. The summed E-state index contributed by atoms with van der Waals surface area (Å²) < 4.78 is 8.66. The monoisotopic (exact) mass is 589 g/mol. The van der Waals surface area contributed by atoms with Crippen LogP contribution >= 0.6 is 0 Å². The zero-order valence-corrected chi connectivity index (χ0v) is 24.8. The average molecular weight is 590 g/mol. The van der Waals surface area contributed by atoms with Gasteiger partial charge in [0.1, 0.15) is 5.52 Å². The van der Waals surface area contributed by atoms with Gasteiger partial charge in [-0.25, -0.2) is 4.98 Å². The van der Waals surface area contributed by atoms with Crippen LogP contribution in [-0.2, 0) is 0 Å². The van der Waals surface area contributed by atoms with Crippen LogP contribution in [-0.4, -0.2) is 14.5 Å². The van der Waals surface area contributed by atoms with Crippen LogP contribution in [0, 0.1) is 0 Å². The van der Waals surface area contributed by atoms with Crippen LogP contribution in [0.4, 0.5) is 0 Å². The van der Waals surface area contributed by atoms with Crippen LogP contribution in [0.3, 0.4) is 0 Å². The molecule has 0 unspecified atom stereocenters. The molecule has 0 amide bonds. The molecule has 0 spiro atoms. The second-order valence-corrected chi connectivity index (χ2v) is 11.5. The molecule has 0 atom stereocenters. The molecular weight excluding hydrogens is 562 g/mol. The van der Waals surface area contributed by atoms with E-state index in [-0.39, 0.29) is 0 Å².